The van der Waals surface area contributed by atoms with Crippen LogP contribution >= 0.6 is 0 Å². The zero-order valence-electron chi connectivity index (χ0n) is 33.1. The van der Waals surface area contributed by atoms with Gasteiger partial charge >= 0.3 is 11.9 Å². The topological polar surface area (TPSA) is 74.6 Å². The summed E-state index contributed by atoms with van der Waals surface area (Å²) in [5.41, 5.74) is 20.2. The highest BCUT2D eigenvalue weighted by Gasteiger charge is 2.35. The smallest absolute Gasteiger partial charge is 0.320 e. The second kappa shape index (κ2) is 16.7. The summed E-state index contributed by atoms with van der Waals surface area (Å²) in [5.74, 6) is -2.65. The highest BCUT2D eigenvalue weighted by atomic mass is 16.4. The van der Waals surface area contributed by atoms with Crippen molar-refractivity contribution in [3.8, 4) is 66.8 Å². The minimum atomic E-state index is -1.67. The Morgan fingerprint density at radius 2 is 0.644 bits per heavy atom. The summed E-state index contributed by atoms with van der Waals surface area (Å²) in [6, 6.07) is 69.8. The summed E-state index contributed by atoms with van der Waals surface area (Å²) < 4.78 is 0. The number of fused-ring (bicyclic) bond motifs is 6. The second-order valence-corrected chi connectivity index (χ2v) is 15.4. The van der Waals surface area contributed by atoms with Crippen LogP contribution < -0.4 is 0 Å². The minimum Gasteiger partial charge on any atom is -0.480 e. The Kier molecular flexibility index (Phi) is 10.9. The Balaban J connectivity index is 0.000000137. The predicted octanol–water partition coefficient (Wildman–Crippen LogP) is 13.4. The fourth-order valence-electron chi connectivity index (χ4n) is 8.10. The monoisotopic (exact) mass is 768 g/mol. The molecule has 0 heterocycles. The van der Waals surface area contributed by atoms with E-state index in [0.29, 0.717) is 0 Å². The Hall–Kier alpha value is -7.30. The molecular formula is C55H44O4. The van der Waals surface area contributed by atoms with E-state index >= 15 is 0 Å². The van der Waals surface area contributed by atoms with E-state index in [9.17, 15) is 9.59 Å². The van der Waals surface area contributed by atoms with Gasteiger partial charge in [-0.05, 0) is 116 Å². The number of carboxylic acid groups (broad SMARTS) is 2. The van der Waals surface area contributed by atoms with Crippen LogP contribution in [0.5, 0.6) is 0 Å². The van der Waals surface area contributed by atoms with Crippen molar-refractivity contribution in [1.82, 2.24) is 0 Å². The van der Waals surface area contributed by atoms with Crippen molar-refractivity contribution < 1.29 is 19.8 Å². The molecule has 0 amide bonds. The maximum absolute atomic E-state index is 10.1. The van der Waals surface area contributed by atoms with Crippen LogP contribution in [0.3, 0.4) is 0 Å². The lowest BCUT2D eigenvalue weighted by Gasteiger charge is -2.16. The molecule has 0 spiro atoms. The quantitative estimate of drug-likeness (QED) is 0.165. The van der Waals surface area contributed by atoms with E-state index in [1.54, 1.807) is 0 Å². The van der Waals surface area contributed by atoms with Crippen LogP contribution in [-0.2, 0) is 22.4 Å². The molecular weight excluding hydrogens is 725 g/mol. The average molecular weight is 769 g/mol. The molecule has 2 aliphatic rings. The molecule has 10 rings (SSSR count). The number of rotatable bonds is 6. The normalized spacial score (nSPS) is 11.7. The van der Waals surface area contributed by atoms with Crippen molar-refractivity contribution in [2.75, 3.05) is 0 Å². The molecule has 0 saturated heterocycles. The van der Waals surface area contributed by atoms with Gasteiger partial charge < -0.3 is 10.2 Å². The molecule has 8 aromatic carbocycles. The van der Waals surface area contributed by atoms with Crippen LogP contribution in [0, 0.1) is 5.41 Å². The van der Waals surface area contributed by atoms with Crippen molar-refractivity contribution >= 4 is 11.9 Å². The molecule has 0 atom stereocenters. The van der Waals surface area contributed by atoms with Gasteiger partial charge in [0, 0.05) is 0 Å². The second-order valence-electron chi connectivity index (χ2n) is 15.4. The molecule has 0 fully saturated rings. The summed E-state index contributed by atoms with van der Waals surface area (Å²) in [6.45, 7) is 2.27. The van der Waals surface area contributed by atoms with Gasteiger partial charge in [0.2, 0.25) is 0 Å². The molecule has 2 aliphatic carbocycles. The van der Waals surface area contributed by atoms with Crippen LogP contribution in [0.2, 0.25) is 0 Å². The lowest BCUT2D eigenvalue weighted by Crippen LogP contribution is -2.32. The van der Waals surface area contributed by atoms with Crippen molar-refractivity contribution in [1.29, 1.82) is 0 Å². The first-order chi connectivity index (χ1) is 28.7. The van der Waals surface area contributed by atoms with Gasteiger partial charge in [-0.15, -0.1) is 0 Å². The lowest BCUT2D eigenvalue weighted by molar-refractivity contribution is -0.161. The highest BCUT2D eigenvalue weighted by Crippen LogP contribution is 2.47. The van der Waals surface area contributed by atoms with Gasteiger partial charge in [0.15, 0.2) is 5.41 Å². The third kappa shape index (κ3) is 7.73. The molecule has 0 unspecified atom stereocenters. The first-order valence-electron chi connectivity index (χ1n) is 19.9. The third-order valence-electron chi connectivity index (χ3n) is 11.3. The lowest BCUT2D eigenvalue weighted by atomic mass is 9.88. The molecule has 0 saturated carbocycles. The van der Waals surface area contributed by atoms with Crippen molar-refractivity contribution in [2.24, 2.45) is 5.41 Å². The van der Waals surface area contributed by atoms with E-state index in [-0.39, 0.29) is 0 Å². The molecule has 8 aromatic rings. The van der Waals surface area contributed by atoms with E-state index in [0.717, 1.165) is 26.7 Å². The molecule has 0 aromatic heterocycles. The fraction of sp³-hybridized carbons (Fsp3) is 0.0909. The number of hydrogen-bond acceptors (Lipinski definition) is 2. The molecule has 0 radical (unpaired) electrons. The number of aliphatic carboxylic acids is 2. The molecule has 2 N–H and O–H groups in total. The molecule has 0 aliphatic heterocycles. The van der Waals surface area contributed by atoms with Gasteiger partial charge in [-0.2, -0.15) is 0 Å². The van der Waals surface area contributed by atoms with Crippen molar-refractivity contribution in [3.63, 3.8) is 0 Å². The van der Waals surface area contributed by atoms with Crippen LogP contribution in [0.15, 0.2) is 194 Å². The van der Waals surface area contributed by atoms with Crippen molar-refractivity contribution in [2.45, 2.75) is 26.7 Å². The van der Waals surface area contributed by atoms with Gasteiger partial charge in [-0.1, -0.05) is 194 Å². The number of carbonyl (C=O) groups is 2. The van der Waals surface area contributed by atoms with Crippen LogP contribution in [0.4, 0.5) is 0 Å². The average Bonchev–Trinajstić information content (AvgIpc) is 3.86. The van der Waals surface area contributed by atoms with Gasteiger partial charge in [-0.25, -0.2) is 0 Å². The number of benzene rings is 8. The SMILES string of the molecule is CC(C)(C(=O)O)C(=O)O.c1ccc(-c2ccc3c(c2-c2ccccc2)Cc2ccccc2-3)cc1.c1ccc(-c2ccc3c(c2-c2ccccc2)Cc2ccccc2-3)cc1. The van der Waals surface area contributed by atoms with E-state index in [4.69, 9.17) is 10.2 Å². The van der Waals surface area contributed by atoms with E-state index in [1.165, 1.54) is 89.0 Å². The minimum absolute atomic E-state index is 1.01. The summed E-state index contributed by atoms with van der Waals surface area (Å²) in [4.78, 5) is 20.2. The van der Waals surface area contributed by atoms with E-state index in [2.05, 4.69) is 194 Å². The highest BCUT2D eigenvalue weighted by molar-refractivity contribution is 5.97. The summed E-state index contributed by atoms with van der Waals surface area (Å²) in [5, 5.41) is 16.5. The zero-order valence-corrected chi connectivity index (χ0v) is 33.1. The third-order valence-corrected chi connectivity index (χ3v) is 11.3. The van der Waals surface area contributed by atoms with Crippen LogP contribution in [0.25, 0.3) is 66.8 Å². The Bertz CT molecular complexity index is 2580. The fourth-order valence-corrected chi connectivity index (χ4v) is 8.10. The van der Waals surface area contributed by atoms with Crippen LogP contribution in [0.1, 0.15) is 36.1 Å². The summed E-state index contributed by atoms with van der Waals surface area (Å²) in [6.07, 6.45) is 2.02. The Labute approximate surface area is 345 Å². The standard InChI is InChI=1S/2C25H18.C5H8O4/c2*1-3-9-18(10-4-1)22-15-16-23-21-14-8-7-13-20(21)17-24(23)25(22)19-11-5-2-6-12-19;1-5(2,3(6)7)4(8)9/h2*1-16H,17H2;1-2H3,(H,6,7)(H,8,9). The van der Waals surface area contributed by atoms with Gasteiger partial charge in [0.1, 0.15) is 0 Å². The first-order valence-corrected chi connectivity index (χ1v) is 19.9. The largest absolute Gasteiger partial charge is 0.480 e. The van der Waals surface area contributed by atoms with Gasteiger partial charge in [0.05, 0.1) is 0 Å². The van der Waals surface area contributed by atoms with Gasteiger partial charge in [0.25, 0.3) is 0 Å². The molecule has 4 nitrogen and oxygen atoms in total. The first kappa shape index (κ1) is 38.6. The Morgan fingerprint density at radius 1 is 0.356 bits per heavy atom. The zero-order chi connectivity index (χ0) is 40.9. The van der Waals surface area contributed by atoms with E-state index in [1.807, 2.05) is 0 Å². The number of hydrogen-bond donors (Lipinski definition) is 2. The molecule has 288 valence electrons. The van der Waals surface area contributed by atoms with Gasteiger partial charge in [-0.3, -0.25) is 9.59 Å². The molecule has 4 heteroatoms. The summed E-state index contributed by atoms with van der Waals surface area (Å²) >= 11 is 0. The predicted molar refractivity (Wildman–Crippen MR) is 240 cm³/mol. The summed E-state index contributed by atoms with van der Waals surface area (Å²) in [7, 11) is 0. The van der Waals surface area contributed by atoms with Crippen LogP contribution in [-0.4, -0.2) is 22.2 Å². The van der Waals surface area contributed by atoms with E-state index < -0.39 is 17.4 Å². The molecule has 59 heavy (non-hydrogen) atoms. The maximum Gasteiger partial charge on any atom is 0.320 e. The molecule has 0 bridgehead atoms. The maximum atomic E-state index is 10.1. The number of carboxylic acids is 2. The Morgan fingerprint density at radius 3 is 0.966 bits per heavy atom. The van der Waals surface area contributed by atoms with Crippen molar-refractivity contribution in [3.05, 3.63) is 216 Å².